The van der Waals surface area contributed by atoms with Crippen LogP contribution in [-0.2, 0) is 4.79 Å². The number of amides is 1. The monoisotopic (exact) mass is 442 g/mol. The Morgan fingerprint density at radius 1 is 1.18 bits per heavy atom. The van der Waals surface area contributed by atoms with Gasteiger partial charge in [0, 0.05) is 29.2 Å². The van der Waals surface area contributed by atoms with Crippen molar-refractivity contribution in [2.24, 2.45) is 5.92 Å². The molecule has 7 nitrogen and oxygen atoms in total. The van der Waals surface area contributed by atoms with Crippen LogP contribution in [-0.4, -0.2) is 38.8 Å². The van der Waals surface area contributed by atoms with Gasteiger partial charge in [0.05, 0.1) is 5.92 Å². The van der Waals surface area contributed by atoms with E-state index in [9.17, 15) is 4.79 Å². The van der Waals surface area contributed by atoms with Crippen molar-refractivity contribution in [3.63, 3.8) is 0 Å². The number of carbonyl (C=O) groups excluding carboxylic acids is 1. The predicted octanol–water partition coefficient (Wildman–Crippen LogP) is 3.87. The van der Waals surface area contributed by atoms with Crippen molar-refractivity contribution in [1.29, 1.82) is 0 Å². The smallest absolute Gasteiger partial charge is 0.229 e. The Morgan fingerprint density at radius 3 is 2.71 bits per heavy atom. The SMILES string of the molecule is CC(C)c1nnc2ccc(N3CCC[C@H](C(=O)Nc4ccc(Br)cc4)C3)nn12. The molecule has 0 saturated carbocycles. The van der Waals surface area contributed by atoms with Crippen LogP contribution in [0.5, 0.6) is 0 Å². The number of piperidine rings is 1. The molecule has 3 aromatic rings. The first-order valence-electron chi connectivity index (χ1n) is 9.55. The van der Waals surface area contributed by atoms with Crippen molar-refractivity contribution >= 4 is 39.0 Å². The molecular formula is C20H23BrN6O. The third-order valence-electron chi connectivity index (χ3n) is 5.02. The lowest BCUT2D eigenvalue weighted by Gasteiger charge is -2.32. The van der Waals surface area contributed by atoms with E-state index in [4.69, 9.17) is 5.10 Å². The zero-order valence-corrected chi connectivity index (χ0v) is 17.6. The van der Waals surface area contributed by atoms with Gasteiger partial charge in [-0.3, -0.25) is 4.79 Å². The summed E-state index contributed by atoms with van der Waals surface area (Å²) in [5, 5.41) is 16.2. The van der Waals surface area contributed by atoms with Crippen LogP contribution in [0, 0.1) is 5.92 Å². The van der Waals surface area contributed by atoms with Crippen LogP contribution in [0.25, 0.3) is 5.65 Å². The van der Waals surface area contributed by atoms with Crippen molar-refractivity contribution in [2.75, 3.05) is 23.3 Å². The minimum absolute atomic E-state index is 0.0558. The average Bonchev–Trinajstić information content (AvgIpc) is 3.13. The van der Waals surface area contributed by atoms with Gasteiger partial charge in [0.25, 0.3) is 0 Å². The molecule has 146 valence electrons. The van der Waals surface area contributed by atoms with Gasteiger partial charge in [-0.05, 0) is 49.2 Å². The van der Waals surface area contributed by atoms with Crippen LogP contribution in [0.4, 0.5) is 11.5 Å². The molecule has 8 heteroatoms. The number of nitrogens with zero attached hydrogens (tertiary/aromatic N) is 5. The zero-order chi connectivity index (χ0) is 19.7. The summed E-state index contributed by atoms with van der Waals surface area (Å²) in [6.07, 6.45) is 1.84. The van der Waals surface area contributed by atoms with Gasteiger partial charge in [-0.25, -0.2) is 0 Å². The molecule has 1 atom stereocenters. The molecule has 1 aromatic carbocycles. The van der Waals surface area contributed by atoms with Gasteiger partial charge in [0.1, 0.15) is 5.82 Å². The van der Waals surface area contributed by atoms with Crippen LogP contribution >= 0.6 is 15.9 Å². The molecule has 3 heterocycles. The van der Waals surface area contributed by atoms with Crippen LogP contribution < -0.4 is 10.2 Å². The average molecular weight is 443 g/mol. The van der Waals surface area contributed by atoms with E-state index < -0.39 is 0 Å². The molecule has 1 amide bonds. The van der Waals surface area contributed by atoms with Gasteiger partial charge < -0.3 is 10.2 Å². The maximum atomic E-state index is 12.7. The van der Waals surface area contributed by atoms with Crippen LogP contribution in [0.15, 0.2) is 40.9 Å². The first-order valence-corrected chi connectivity index (χ1v) is 10.3. The molecule has 1 aliphatic rings. The predicted molar refractivity (Wildman–Crippen MR) is 113 cm³/mol. The van der Waals surface area contributed by atoms with E-state index in [0.29, 0.717) is 6.54 Å². The Kier molecular flexibility index (Phi) is 5.30. The minimum atomic E-state index is -0.0691. The molecule has 0 spiro atoms. The highest BCUT2D eigenvalue weighted by Crippen LogP contribution is 2.24. The topological polar surface area (TPSA) is 75.4 Å². The number of carbonyl (C=O) groups is 1. The number of nitrogens with one attached hydrogen (secondary N) is 1. The second-order valence-corrected chi connectivity index (χ2v) is 8.37. The summed E-state index contributed by atoms with van der Waals surface area (Å²) in [6, 6.07) is 11.5. The Bertz CT molecular complexity index is 984. The van der Waals surface area contributed by atoms with Crippen molar-refractivity contribution in [3.8, 4) is 0 Å². The Balaban J connectivity index is 1.50. The first kappa shape index (κ1) is 18.9. The number of rotatable bonds is 4. The third-order valence-corrected chi connectivity index (χ3v) is 5.55. The van der Waals surface area contributed by atoms with E-state index in [0.717, 1.165) is 46.8 Å². The number of benzene rings is 1. The largest absolute Gasteiger partial charge is 0.354 e. The minimum Gasteiger partial charge on any atom is -0.354 e. The molecule has 1 N–H and O–H groups in total. The number of aromatic nitrogens is 4. The van der Waals surface area contributed by atoms with Gasteiger partial charge in [-0.15, -0.1) is 15.3 Å². The second kappa shape index (κ2) is 7.87. The number of hydrogen-bond donors (Lipinski definition) is 1. The summed E-state index contributed by atoms with van der Waals surface area (Å²) in [5.41, 5.74) is 1.56. The van der Waals surface area contributed by atoms with Gasteiger partial charge >= 0.3 is 0 Å². The van der Waals surface area contributed by atoms with Crippen molar-refractivity contribution in [3.05, 3.63) is 46.7 Å². The summed E-state index contributed by atoms with van der Waals surface area (Å²) in [6.45, 7) is 5.70. The summed E-state index contributed by atoms with van der Waals surface area (Å²) in [5.74, 6) is 1.93. The summed E-state index contributed by atoms with van der Waals surface area (Å²) in [4.78, 5) is 14.9. The molecule has 1 fully saturated rings. The van der Waals surface area contributed by atoms with E-state index in [-0.39, 0.29) is 17.7 Å². The standard InChI is InChI=1S/C20H23BrN6O/c1-13(2)19-24-23-17-9-10-18(25-27(17)19)26-11-3-4-14(12-26)20(28)22-16-7-5-15(21)6-8-16/h5-10,13-14H,3-4,11-12H2,1-2H3,(H,22,28)/t14-/m0/s1. The van der Waals surface area contributed by atoms with E-state index in [1.54, 1.807) is 0 Å². The molecular weight excluding hydrogens is 420 g/mol. The molecule has 0 radical (unpaired) electrons. The Morgan fingerprint density at radius 2 is 1.96 bits per heavy atom. The molecule has 0 aliphatic carbocycles. The first-order chi connectivity index (χ1) is 13.5. The molecule has 2 aromatic heterocycles. The van der Waals surface area contributed by atoms with Gasteiger partial charge in [0.15, 0.2) is 11.5 Å². The zero-order valence-electron chi connectivity index (χ0n) is 16.0. The fourth-order valence-corrected chi connectivity index (χ4v) is 3.77. The molecule has 1 saturated heterocycles. The van der Waals surface area contributed by atoms with E-state index >= 15 is 0 Å². The Labute approximate surface area is 172 Å². The fraction of sp³-hybridized carbons (Fsp3) is 0.400. The second-order valence-electron chi connectivity index (χ2n) is 7.46. The van der Waals surface area contributed by atoms with Gasteiger partial charge in [0.2, 0.25) is 5.91 Å². The van der Waals surface area contributed by atoms with Crippen molar-refractivity contribution < 1.29 is 4.79 Å². The molecule has 0 bridgehead atoms. The van der Waals surface area contributed by atoms with Crippen molar-refractivity contribution in [1.82, 2.24) is 19.8 Å². The molecule has 0 unspecified atom stereocenters. The summed E-state index contributed by atoms with van der Waals surface area (Å²) >= 11 is 3.41. The molecule has 1 aliphatic heterocycles. The van der Waals surface area contributed by atoms with E-state index in [1.165, 1.54) is 0 Å². The van der Waals surface area contributed by atoms with Crippen LogP contribution in [0.3, 0.4) is 0 Å². The highest BCUT2D eigenvalue weighted by molar-refractivity contribution is 9.10. The maximum absolute atomic E-state index is 12.7. The number of halogens is 1. The highest BCUT2D eigenvalue weighted by atomic mass is 79.9. The third kappa shape index (κ3) is 3.87. The maximum Gasteiger partial charge on any atom is 0.229 e. The normalized spacial score (nSPS) is 17.3. The lowest BCUT2D eigenvalue weighted by molar-refractivity contribution is -0.120. The number of fused-ring (bicyclic) bond motifs is 1. The van der Waals surface area contributed by atoms with E-state index in [2.05, 4.69) is 50.2 Å². The molecule has 4 rings (SSSR count). The van der Waals surface area contributed by atoms with Gasteiger partial charge in [-0.2, -0.15) is 4.52 Å². The van der Waals surface area contributed by atoms with E-state index in [1.807, 2.05) is 40.9 Å². The van der Waals surface area contributed by atoms with Crippen LogP contribution in [0.2, 0.25) is 0 Å². The quantitative estimate of drug-likeness (QED) is 0.663. The summed E-state index contributed by atoms with van der Waals surface area (Å²) < 4.78 is 2.80. The lowest BCUT2D eigenvalue weighted by atomic mass is 9.97. The Hall–Kier alpha value is -2.48. The molecule has 28 heavy (non-hydrogen) atoms. The number of anilines is 2. The lowest BCUT2D eigenvalue weighted by Crippen LogP contribution is -2.41. The van der Waals surface area contributed by atoms with Gasteiger partial charge in [-0.1, -0.05) is 29.8 Å². The fourth-order valence-electron chi connectivity index (χ4n) is 3.50. The number of hydrogen-bond acceptors (Lipinski definition) is 5. The van der Waals surface area contributed by atoms with Crippen molar-refractivity contribution in [2.45, 2.75) is 32.6 Å². The summed E-state index contributed by atoms with van der Waals surface area (Å²) in [7, 11) is 0. The van der Waals surface area contributed by atoms with Crippen LogP contribution in [0.1, 0.15) is 38.4 Å². The highest BCUT2D eigenvalue weighted by Gasteiger charge is 2.27.